The second-order valence-electron chi connectivity index (χ2n) is 16.6. The van der Waals surface area contributed by atoms with Crippen LogP contribution in [0.25, 0.3) is 0 Å². The molecule has 6 aliphatic rings. The highest BCUT2D eigenvalue weighted by Crippen LogP contribution is 2.69. The highest BCUT2D eigenvalue weighted by atomic mass is 16.7. The van der Waals surface area contributed by atoms with E-state index in [1.54, 1.807) is 13.8 Å². The minimum atomic E-state index is -1.97. The molecule has 1 aliphatic heterocycles. The van der Waals surface area contributed by atoms with Crippen LogP contribution in [0.15, 0.2) is 11.6 Å². The Balaban J connectivity index is 1.33. The van der Waals surface area contributed by atoms with Gasteiger partial charge in [0.2, 0.25) is 0 Å². The van der Waals surface area contributed by atoms with Crippen molar-refractivity contribution in [2.45, 2.75) is 121 Å². The molecule has 5 fully saturated rings. The summed E-state index contributed by atoms with van der Waals surface area (Å²) in [4.78, 5) is 13.0. The molecule has 0 radical (unpaired) electrons. The lowest BCUT2D eigenvalue weighted by atomic mass is 9.39. The maximum atomic E-state index is 13.0. The van der Waals surface area contributed by atoms with Crippen molar-refractivity contribution in [3.8, 4) is 0 Å². The standard InChI is InChI=1S/C34H54O14/c1-31(2)9-19-18-5-4-14-15-8-20(38)28(48-29-25(42)24(41)23(40)21(11-35)47-29)33(12-36,13-37)17(15)7-6-16(14)32(18,3)10-22(39)34(19,30(45)46)27(44)26(31)43/h5,14-17,19-29,35-44H,4,6-13H2,1-3H3,(H,45,46)/t14?,15?,16?,17?,19?,20-,21?,22+,23+,24?,25?,26-,27-,28-,29-,32-,34+/m0/s1. The normalized spacial score (nSPS) is 52.6. The number of ether oxygens (including phenoxy) is 2. The lowest BCUT2D eigenvalue weighted by molar-refractivity contribution is -0.342. The Morgan fingerprint density at radius 2 is 1.52 bits per heavy atom. The van der Waals surface area contributed by atoms with Crippen molar-refractivity contribution < 1.29 is 70.4 Å². The van der Waals surface area contributed by atoms with E-state index in [-0.39, 0.29) is 42.9 Å². The molecule has 0 aromatic rings. The summed E-state index contributed by atoms with van der Waals surface area (Å²) in [7, 11) is 0. The SMILES string of the molecule is CC1(C)CC2C3=CCC4C5C[C@H](O)[C@H](O[C@@H]6OC(CO)[C@@H](O)C(O)C6O)C(CO)(CO)C5CCC4[C@]3(C)C[C@@H](O)[C@@]2(C(=O)O)[C@@H](O)[C@@H]1O. The van der Waals surface area contributed by atoms with Crippen molar-refractivity contribution in [3.63, 3.8) is 0 Å². The Kier molecular flexibility index (Phi) is 9.47. The summed E-state index contributed by atoms with van der Waals surface area (Å²) in [6, 6.07) is 0. The Hall–Kier alpha value is -1.27. The quantitative estimate of drug-likeness (QED) is 0.108. The molecule has 0 spiro atoms. The van der Waals surface area contributed by atoms with E-state index in [0.29, 0.717) is 19.3 Å². The van der Waals surface area contributed by atoms with Crippen LogP contribution < -0.4 is 0 Å². The maximum absolute atomic E-state index is 13.0. The molecule has 48 heavy (non-hydrogen) atoms. The number of aliphatic hydroxyl groups excluding tert-OH is 10. The average Bonchev–Trinajstić information content (AvgIpc) is 3.03. The lowest BCUT2D eigenvalue weighted by Crippen LogP contribution is -2.71. The summed E-state index contributed by atoms with van der Waals surface area (Å²) >= 11 is 0. The van der Waals surface area contributed by atoms with E-state index in [1.807, 2.05) is 13.0 Å². The van der Waals surface area contributed by atoms with E-state index in [1.165, 1.54) is 0 Å². The van der Waals surface area contributed by atoms with Gasteiger partial charge in [0.25, 0.3) is 0 Å². The van der Waals surface area contributed by atoms with Gasteiger partial charge in [-0.2, -0.15) is 0 Å². The molecule has 14 heteroatoms. The fraction of sp³-hybridized carbons (Fsp3) is 0.912. The van der Waals surface area contributed by atoms with Gasteiger partial charge in [-0.05, 0) is 73.0 Å². The first kappa shape index (κ1) is 36.5. The largest absolute Gasteiger partial charge is 0.481 e. The third-order valence-corrected chi connectivity index (χ3v) is 14.2. The monoisotopic (exact) mass is 686 g/mol. The minimum absolute atomic E-state index is 0.0565. The summed E-state index contributed by atoms with van der Waals surface area (Å²) in [6.45, 7) is 3.79. The number of aliphatic carboxylic acids is 1. The topological polar surface area (TPSA) is 258 Å². The van der Waals surface area contributed by atoms with E-state index in [9.17, 15) is 61.0 Å². The fourth-order valence-electron chi connectivity index (χ4n) is 11.6. The summed E-state index contributed by atoms with van der Waals surface area (Å²) < 4.78 is 11.6. The van der Waals surface area contributed by atoms with E-state index >= 15 is 0 Å². The number of hydrogen-bond donors (Lipinski definition) is 11. The second kappa shape index (κ2) is 12.4. The smallest absolute Gasteiger partial charge is 0.315 e. The van der Waals surface area contributed by atoms with E-state index < -0.39 is 115 Å². The van der Waals surface area contributed by atoms with Crippen LogP contribution in [0, 0.1) is 51.2 Å². The van der Waals surface area contributed by atoms with Crippen LogP contribution in [0.5, 0.6) is 0 Å². The summed E-state index contributed by atoms with van der Waals surface area (Å²) in [6.07, 6.45) is -10.7. The third kappa shape index (κ3) is 4.86. The maximum Gasteiger partial charge on any atom is 0.315 e. The lowest BCUT2D eigenvalue weighted by Gasteiger charge is -2.66. The first-order valence-corrected chi connectivity index (χ1v) is 17.3. The molecule has 0 amide bonds. The number of allylic oxidation sites excluding steroid dienone is 2. The number of hydrogen-bond acceptors (Lipinski definition) is 13. The minimum Gasteiger partial charge on any atom is -0.481 e. The van der Waals surface area contributed by atoms with Gasteiger partial charge in [0, 0.05) is 11.3 Å². The van der Waals surface area contributed by atoms with Gasteiger partial charge in [-0.3, -0.25) is 4.79 Å². The van der Waals surface area contributed by atoms with Crippen LogP contribution in [-0.2, 0) is 14.3 Å². The number of carboxylic acids is 1. The predicted octanol–water partition coefficient (Wildman–Crippen LogP) is -1.89. The van der Waals surface area contributed by atoms with Gasteiger partial charge >= 0.3 is 5.97 Å². The van der Waals surface area contributed by atoms with Gasteiger partial charge in [0.05, 0.1) is 50.3 Å². The zero-order valence-electron chi connectivity index (χ0n) is 27.7. The molecule has 5 aliphatic carbocycles. The van der Waals surface area contributed by atoms with Crippen molar-refractivity contribution in [2.75, 3.05) is 19.8 Å². The average molecular weight is 687 g/mol. The van der Waals surface area contributed by atoms with Crippen LogP contribution in [-0.4, -0.2) is 143 Å². The molecule has 6 rings (SSSR count). The van der Waals surface area contributed by atoms with Gasteiger partial charge in [-0.1, -0.05) is 32.4 Å². The highest BCUT2D eigenvalue weighted by Gasteiger charge is 2.72. The molecule has 1 heterocycles. The summed E-state index contributed by atoms with van der Waals surface area (Å²) in [5.41, 5.74) is -3.98. The number of rotatable bonds is 6. The van der Waals surface area contributed by atoms with Crippen LogP contribution >= 0.6 is 0 Å². The van der Waals surface area contributed by atoms with Crippen molar-refractivity contribution in [3.05, 3.63) is 11.6 Å². The van der Waals surface area contributed by atoms with Crippen LogP contribution in [0.4, 0.5) is 0 Å². The summed E-state index contributed by atoms with van der Waals surface area (Å²) in [5.74, 6) is -2.78. The number of fused-ring (bicyclic) bond motifs is 7. The van der Waals surface area contributed by atoms with E-state index in [0.717, 1.165) is 5.57 Å². The molecule has 8 unspecified atom stereocenters. The molecule has 17 atom stereocenters. The van der Waals surface area contributed by atoms with Crippen molar-refractivity contribution >= 4 is 5.97 Å². The van der Waals surface area contributed by atoms with Gasteiger partial charge in [-0.25, -0.2) is 0 Å². The molecular formula is C34H54O14. The second-order valence-corrected chi connectivity index (χ2v) is 16.6. The highest BCUT2D eigenvalue weighted by molar-refractivity contribution is 5.79. The Labute approximate surface area is 279 Å². The number of carboxylic acid groups (broad SMARTS) is 1. The first-order chi connectivity index (χ1) is 22.5. The van der Waals surface area contributed by atoms with Gasteiger partial charge < -0.3 is 65.6 Å². The molecule has 11 N–H and O–H groups in total. The van der Waals surface area contributed by atoms with Crippen molar-refractivity contribution in [2.24, 2.45) is 51.2 Å². The third-order valence-electron chi connectivity index (χ3n) is 14.2. The molecule has 0 aromatic carbocycles. The molecule has 274 valence electrons. The number of carbonyl (C=O) groups is 1. The molecule has 14 nitrogen and oxygen atoms in total. The predicted molar refractivity (Wildman–Crippen MR) is 164 cm³/mol. The molecular weight excluding hydrogens is 632 g/mol. The zero-order valence-corrected chi connectivity index (χ0v) is 27.7. The van der Waals surface area contributed by atoms with Crippen LogP contribution in [0.3, 0.4) is 0 Å². The van der Waals surface area contributed by atoms with Crippen LogP contribution in [0.1, 0.15) is 59.3 Å². The summed E-state index contributed by atoms with van der Waals surface area (Å²) in [5, 5.41) is 119. The van der Waals surface area contributed by atoms with Gasteiger partial charge in [0.1, 0.15) is 29.8 Å². The zero-order chi connectivity index (χ0) is 35.3. The first-order valence-electron chi connectivity index (χ1n) is 17.3. The van der Waals surface area contributed by atoms with Gasteiger partial charge in [-0.15, -0.1) is 0 Å². The van der Waals surface area contributed by atoms with Crippen molar-refractivity contribution in [1.82, 2.24) is 0 Å². The Bertz CT molecular complexity index is 1250. The Morgan fingerprint density at radius 1 is 0.875 bits per heavy atom. The van der Waals surface area contributed by atoms with Crippen molar-refractivity contribution in [1.29, 1.82) is 0 Å². The van der Waals surface area contributed by atoms with Crippen LogP contribution in [0.2, 0.25) is 0 Å². The number of aliphatic hydroxyl groups is 10. The molecule has 4 saturated carbocycles. The fourth-order valence-corrected chi connectivity index (χ4v) is 11.6. The van der Waals surface area contributed by atoms with E-state index in [2.05, 4.69) is 0 Å². The van der Waals surface area contributed by atoms with E-state index in [4.69, 9.17) is 9.47 Å². The molecule has 1 saturated heterocycles. The Morgan fingerprint density at radius 3 is 2.12 bits per heavy atom. The molecule has 0 aromatic heterocycles. The molecule has 0 bridgehead atoms. The van der Waals surface area contributed by atoms with Gasteiger partial charge in [0.15, 0.2) is 6.29 Å².